The van der Waals surface area contributed by atoms with Crippen LogP contribution in [-0.2, 0) is 17.6 Å². The third kappa shape index (κ3) is 6.06. The van der Waals surface area contributed by atoms with E-state index in [1.807, 2.05) is 18.3 Å². The van der Waals surface area contributed by atoms with E-state index in [1.165, 1.54) is 11.1 Å². The van der Waals surface area contributed by atoms with Gasteiger partial charge in [-0.3, -0.25) is 4.90 Å². The molecule has 1 saturated heterocycles. The van der Waals surface area contributed by atoms with Crippen LogP contribution < -0.4 is 5.32 Å². The van der Waals surface area contributed by atoms with Crippen LogP contribution in [0.4, 0.5) is 11.6 Å². The van der Waals surface area contributed by atoms with Gasteiger partial charge < -0.3 is 15.0 Å². The Labute approximate surface area is 242 Å². The highest BCUT2D eigenvalue weighted by Gasteiger charge is 2.28. The van der Waals surface area contributed by atoms with E-state index in [-0.39, 0.29) is 5.92 Å². The Balaban J connectivity index is 1.10. The van der Waals surface area contributed by atoms with Gasteiger partial charge in [0.1, 0.15) is 0 Å². The summed E-state index contributed by atoms with van der Waals surface area (Å²) in [5.74, 6) is 0.802. The van der Waals surface area contributed by atoms with E-state index >= 15 is 0 Å². The van der Waals surface area contributed by atoms with Crippen molar-refractivity contribution in [3.8, 4) is 11.3 Å². The van der Waals surface area contributed by atoms with Gasteiger partial charge in [0.05, 0.1) is 12.3 Å². The molecule has 4 aromatic rings. The highest BCUT2D eigenvalue weighted by molar-refractivity contribution is 6.31. The third-order valence-electron chi connectivity index (χ3n) is 8.16. The molecule has 40 heavy (non-hydrogen) atoms. The summed E-state index contributed by atoms with van der Waals surface area (Å²) >= 11 is 6.61. The van der Waals surface area contributed by atoms with Gasteiger partial charge in [0, 0.05) is 74.8 Å². The van der Waals surface area contributed by atoms with E-state index in [4.69, 9.17) is 21.3 Å². The summed E-state index contributed by atoms with van der Waals surface area (Å²) in [4.78, 5) is 14.7. The standard InChI is InChI=1S/C33H36ClN5O/c1-40-21-20-39-18-16-38(17-19-39)15-14-24-10-12-26(13-11-24)36-33-35-23-25-22-30(28-7-4-5-9-31(28)34)27-6-2-3-8-29(27)32(25)37-33/h2-13,23,30H,14-22H2,1H3,(H,35,36,37)/t30-/m0/s1. The zero-order chi connectivity index (χ0) is 27.3. The molecular weight excluding hydrogens is 518 g/mol. The minimum atomic E-state index is 0.187. The summed E-state index contributed by atoms with van der Waals surface area (Å²) in [6.07, 6.45) is 3.85. The van der Waals surface area contributed by atoms with Crippen LogP contribution in [-0.4, -0.2) is 72.8 Å². The van der Waals surface area contributed by atoms with Crippen LogP contribution in [0.2, 0.25) is 5.02 Å². The molecule has 0 radical (unpaired) electrons. The van der Waals surface area contributed by atoms with E-state index in [2.05, 4.69) is 80.8 Å². The summed E-state index contributed by atoms with van der Waals surface area (Å²) < 4.78 is 5.21. The van der Waals surface area contributed by atoms with Gasteiger partial charge in [-0.25, -0.2) is 9.97 Å². The van der Waals surface area contributed by atoms with Crippen molar-refractivity contribution in [3.63, 3.8) is 0 Å². The summed E-state index contributed by atoms with van der Waals surface area (Å²) in [6.45, 7) is 7.43. The van der Waals surface area contributed by atoms with Crippen LogP contribution in [0, 0.1) is 0 Å². The highest BCUT2D eigenvalue weighted by atomic mass is 35.5. The van der Waals surface area contributed by atoms with E-state index in [9.17, 15) is 0 Å². The van der Waals surface area contributed by atoms with Crippen molar-refractivity contribution in [2.45, 2.75) is 18.8 Å². The van der Waals surface area contributed by atoms with Gasteiger partial charge >= 0.3 is 0 Å². The zero-order valence-electron chi connectivity index (χ0n) is 23.0. The molecule has 3 aromatic carbocycles. The third-order valence-corrected chi connectivity index (χ3v) is 8.51. The molecule has 1 atom stereocenters. The van der Waals surface area contributed by atoms with Crippen LogP contribution in [0.3, 0.4) is 0 Å². The Morgan fingerprint density at radius 2 is 1.57 bits per heavy atom. The normalized spacial score (nSPS) is 17.3. The predicted octanol–water partition coefficient (Wildman–Crippen LogP) is 6.04. The molecule has 0 bridgehead atoms. The fourth-order valence-corrected chi connectivity index (χ4v) is 6.13. The SMILES string of the molecule is COCCN1CCN(CCc2ccc(Nc3ncc4c(n3)-c3ccccc3[C@@H](c3ccccc3Cl)C4)cc2)CC1. The topological polar surface area (TPSA) is 53.5 Å². The summed E-state index contributed by atoms with van der Waals surface area (Å²) in [5, 5.41) is 4.22. The number of aromatic nitrogens is 2. The number of rotatable bonds is 9. The molecule has 0 saturated carbocycles. The summed E-state index contributed by atoms with van der Waals surface area (Å²) in [5.41, 5.74) is 8.03. The average Bonchev–Trinajstić information content (AvgIpc) is 3.00. The second kappa shape index (κ2) is 12.5. The molecule has 6 rings (SSSR count). The van der Waals surface area contributed by atoms with E-state index in [0.29, 0.717) is 5.95 Å². The number of piperazine rings is 1. The molecule has 6 nitrogen and oxygen atoms in total. The number of benzene rings is 3. The largest absolute Gasteiger partial charge is 0.383 e. The molecule has 7 heteroatoms. The average molecular weight is 554 g/mol. The van der Waals surface area contributed by atoms with Gasteiger partial charge in [-0.05, 0) is 53.3 Å². The predicted molar refractivity (Wildman–Crippen MR) is 163 cm³/mol. The monoisotopic (exact) mass is 553 g/mol. The van der Waals surface area contributed by atoms with E-state index < -0.39 is 0 Å². The first-order chi connectivity index (χ1) is 19.7. The van der Waals surface area contributed by atoms with Crippen molar-refractivity contribution in [2.24, 2.45) is 0 Å². The molecule has 1 N–H and O–H groups in total. The Kier molecular flexibility index (Phi) is 8.40. The van der Waals surface area contributed by atoms with Gasteiger partial charge in [0.25, 0.3) is 0 Å². The molecular formula is C33H36ClN5O. The lowest BCUT2D eigenvalue weighted by molar-refractivity contribution is 0.0976. The van der Waals surface area contributed by atoms with Crippen LogP contribution in [0.15, 0.2) is 79.0 Å². The molecule has 1 fully saturated rings. The van der Waals surface area contributed by atoms with Crippen molar-refractivity contribution in [1.29, 1.82) is 0 Å². The van der Waals surface area contributed by atoms with Crippen LogP contribution in [0.25, 0.3) is 11.3 Å². The van der Waals surface area contributed by atoms with Crippen molar-refractivity contribution in [3.05, 3.63) is 106 Å². The molecule has 2 heterocycles. The fraction of sp³-hybridized carbons (Fsp3) is 0.333. The van der Waals surface area contributed by atoms with E-state index in [1.54, 1.807) is 7.11 Å². The van der Waals surface area contributed by atoms with Crippen LogP contribution >= 0.6 is 11.6 Å². The molecule has 0 unspecified atom stereocenters. The number of ether oxygens (including phenoxy) is 1. The van der Waals surface area contributed by atoms with Crippen molar-refractivity contribution >= 4 is 23.2 Å². The zero-order valence-corrected chi connectivity index (χ0v) is 23.8. The summed E-state index contributed by atoms with van der Waals surface area (Å²) in [7, 11) is 1.77. The summed E-state index contributed by atoms with van der Waals surface area (Å²) in [6, 6.07) is 25.3. The van der Waals surface area contributed by atoms with Crippen molar-refractivity contribution in [2.75, 3.05) is 58.3 Å². The number of nitrogens with zero attached hydrogens (tertiary/aromatic N) is 4. The number of fused-ring (bicyclic) bond motifs is 3. The minimum absolute atomic E-state index is 0.187. The maximum Gasteiger partial charge on any atom is 0.227 e. The number of methoxy groups -OCH3 is 1. The van der Waals surface area contributed by atoms with Crippen molar-refractivity contribution < 1.29 is 4.74 Å². The Hall–Kier alpha value is -3.29. The van der Waals surface area contributed by atoms with Crippen molar-refractivity contribution in [1.82, 2.24) is 19.8 Å². The number of nitrogens with one attached hydrogen (secondary N) is 1. The maximum atomic E-state index is 6.61. The lowest BCUT2D eigenvalue weighted by atomic mass is 9.78. The minimum Gasteiger partial charge on any atom is -0.383 e. The fourth-order valence-electron chi connectivity index (χ4n) is 5.86. The van der Waals surface area contributed by atoms with Crippen LogP contribution in [0.5, 0.6) is 0 Å². The van der Waals surface area contributed by atoms with Gasteiger partial charge in [-0.1, -0.05) is 66.2 Å². The van der Waals surface area contributed by atoms with Gasteiger partial charge in [-0.2, -0.15) is 0 Å². The first kappa shape index (κ1) is 26.9. The number of hydrogen-bond donors (Lipinski definition) is 1. The number of halogens is 1. The molecule has 2 aliphatic rings. The Bertz CT molecular complexity index is 1440. The van der Waals surface area contributed by atoms with Gasteiger partial charge in [-0.15, -0.1) is 0 Å². The first-order valence-electron chi connectivity index (χ1n) is 14.2. The number of anilines is 2. The second-order valence-electron chi connectivity index (χ2n) is 10.7. The molecule has 0 spiro atoms. The van der Waals surface area contributed by atoms with E-state index in [0.717, 1.165) is 91.8 Å². The number of hydrogen-bond acceptors (Lipinski definition) is 6. The Morgan fingerprint density at radius 1 is 0.875 bits per heavy atom. The molecule has 1 aliphatic heterocycles. The quantitative estimate of drug-likeness (QED) is 0.273. The second-order valence-corrected chi connectivity index (χ2v) is 11.1. The van der Waals surface area contributed by atoms with Gasteiger partial charge in [0.2, 0.25) is 5.95 Å². The van der Waals surface area contributed by atoms with Gasteiger partial charge in [0.15, 0.2) is 0 Å². The molecule has 1 aliphatic carbocycles. The van der Waals surface area contributed by atoms with Crippen LogP contribution in [0.1, 0.15) is 28.2 Å². The maximum absolute atomic E-state index is 6.61. The smallest absolute Gasteiger partial charge is 0.227 e. The lowest BCUT2D eigenvalue weighted by Gasteiger charge is -2.34. The molecule has 1 aromatic heterocycles. The molecule has 206 valence electrons. The lowest BCUT2D eigenvalue weighted by Crippen LogP contribution is -2.47. The molecule has 0 amide bonds. The first-order valence-corrected chi connectivity index (χ1v) is 14.5. The Morgan fingerprint density at radius 3 is 2.33 bits per heavy atom. The highest BCUT2D eigenvalue weighted by Crippen LogP contribution is 2.43.